The fraction of sp³-hybridized carbons (Fsp3) is 0.800. The molecule has 0 bridgehead atoms. The van der Waals surface area contributed by atoms with Crippen LogP contribution < -0.4 is 0 Å². The van der Waals surface area contributed by atoms with E-state index in [-0.39, 0.29) is 0 Å². The van der Waals surface area contributed by atoms with E-state index in [0.29, 0.717) is 0 Å². The molecule has 1 radical (unpaired) electrons. The van der Waals surface area contributed by atoms with Crippen molar-refractivity contribution in [2.45, 2.75) is 18.3 Å². The molecule has 0 spiro atoms. The van der Waals surface area contributed by atoms with Crippen LogP contribution in [0.5, 0.6) is 0 Å². The molecule has 0 aromatic carbocycles. The van der Waals surface area contributed by atoms with Gasteiger partial charge in [-0.05, 0) is 0 Å². The van der Waals surface area contributed by atoms with E-state index >= 15 is 0 Å². The van der Waals surface area contributed by atoms with Gasteiger partial charge < -0.3 is 24.7 Å². The van der Waals surface area contributed by atoms with Gasteiger partial charge in [-0.3, -0.25) is 4.52 Å². The van der Waals surface area contributed by atoms with Crippen molar-refractivity contribution in [3.63, 3.8) is 0 Å². The van der Waals surface area contributed by atoms with E-state index in [1.807, 2.05) is 0 Å². The molecule has 77 valence electrons. The van der Waals surface area contributed by atoms with Gasteiger partial charge in [0.15, 0.2) is 0 Å². The summed E-state index contributed by atoms with van der Waals surface area (Å²) in [6.07, 6.45) is -3.37. The zero-order valence-corrected chi connectivity index (χ0v) is 7.37. The molecule has 1 saturated heterocycles. The van der Waals surface area contributed by atoms with Crippen molar-refractivity contribution in [1.82, 2.24) is 0 Å². The molecule has 13 heavy (non-hydrogen) atoms. The Morgan fingerprint density at radius 2 is 2.15 bits per heavy atom. The zero-order valence-electron chi connectivity index (χ0n) is 6.48. The highest BCUT2D eigenvalue weighted by atomic mass is 31.2. The van der Waals surface area contributed by atoms with Crippen molar-refractivity contribution in [2.24, 2.45) is 0 Å². The smallest absolute Gasteiger partial charge is 0.394 e. The maximum Gasteiger partial charge on any atom is 0.470 e. The van der Waals surface area contributed by atoms with Crippen LogP contribution in [0.2, 0.25) is 0 Å². The molecular weight excluding hydrogens is 203 g/mol. The summed E-state index contributed by atoms with van der Waals surface area (Å²) in [5, 5.41) is 17.8. The van der Waals surface area contributed by atoms with E-state index in [9.17, 15) is 9.67 Å². The van der Waals surface area contributed by atoms with E-state index < -0.39 is 32.7 Å². The highest BCUT2D eigenvalue weighted by Crippen LogP contribution is 2.40. The van der Waals surface area contributed by atoms with Crippen LogP contribution in [0.3, 0.4) is 0 Å². The Kier molecular flexibility index (Phi) is 3.42. The van der Waals surface area contributed by atoms with Crippen LogP contribution in [0.1, 0.15) is 0 Å². The minimum Gasteiger partial charge on any atom is -0.394 e. The third kappa shape index (κ3) is 2.99. The second-order valence-electron chi connectivity index (χ2n) is 2.54. The van der Waals surface area contributed by atoms with Gasteiger partial charge >= 0.3 is 7.82 Å². The molecular formula is C5H10O7P. The summed E-state index contributed by atoms with van der Waals surface area (Å²) in [6, 6.07) is 0. The molecule has 0 unspecified atom stereocenters. The maximum atomic E-state index is 10.4. The van der Waals surface area contributed by atoms with Gasteiger partial charge in [-0.1, -0.05) is 0 Å². The first kappa shape index (κ1) is 11.1. The molecule has 0 aromatic rings. The third-order valence-corrected chi connectivity index (χ3v) is 2.06. The number of phosphoric acid groups is 1. The summed E-state index contributed by atoms with van der Waals surface area (Å²) in [5.74, 6) is 0. The molecule has 1 fully saturated rings. The molecule has 7 nitrogen and oxygen atoms in total. The molecule has 0 saturated carbocycles. The number of ether oxygens (including phenoxy) is 1. The van der Waals surface area contributed by atoms with E-state index in [0.717, 1.165) is 6.61 Å². The zero-order chi connectivity index (χ0) is 10.1. The van der Waals surface area contributed by atoms with E-state index in [1.54, 1.807) is 0 Å². The average molecular weight is 213 g/mol. The molecule has 3 atom stereocenters. The molecule has 8 heteroatoms. The summed E-state index contributed by atoms with van der Waals surface area (Å²) in [6.45, 7) is 0.503. The molecule has 0 amide bonds. The SMILES string of the molecule is O=P(O)(O)O[C@@H]1[CH]O[C@H](CO)[C@H]1O. The van der Waals surface area contributed by atoms with E-state index in [2.05, 4.69) is 9.26 Å². The van der Waals surface area contributed by atoms with Crippen LogP contribution in [0, 0.1) is 6.61 Å². The Bertz CT molecular complexity index is 213. The number of hydrogen-bond acceptors (Lipinski definition) is 5. The van der Waals surface area contributed by atoms with Crippen LogP contribution in [0.25, 0.3) is 0 Å². The molecule has 4 N–H and O–H groups in total. The second-order valence-corrected chi connectivity index (χ2v) is 3.74. The van der Waals surface area contributed by atoms with Crippen molar-refractivity contribution in [3.05, 3.63) is 6.61 Å². The third-order valence-electron chi connectivity index (χ3n) is 1.54. The Morgan fingerprint density at radius 1 is 1.54 bits per heavy atom. The summed E-state index contributed by atoms with van der Waals surface area (Å²) in [7, 11) is -4.64. The Balaban J connectivity index is 2.50. The van der Waals surface area contributed by atoms with Gasteiger partial charge in [-0.15, -0.1) is 0 Å². The Morgan fingerprint density at radius 3 is 2.54 bits per heavy atom. The number of hydrogen-bond donors (Lipinski definition) is 4. The van der Waals surface area contributed by atoms with Crippen LogP contribution in [-0.4, -0.2) is 44.9 Å². The largest absolute Gasteiger partial charge is 0.470 e. The van der Waals surface area contributed by atoms with Gasteiger partial charge in [-0.25, -0.2) is 4.57 Å². The van der Waals surface area contributed by atoms with Gasteiger partial charge in [0, 0.05) is 0 Å². The lowest BCUT2D eigenvalue weighted by atomic mass is 10.2. The molecule has 1 aliphatic heterocycles. The van der Waals surface area contributed by atoms with Crippen LogP contribution in [-0.2, 0) is 13.8 Å². The van der Waals surface area contributed by atoms with Gasteiger partial charge in [0.1, 0.15) is 24.9 Å². The van der Waals surface area contributed by atoms with Crippen LogP contribution in [0.15, 0.2) is 0 Å². The summed E-state index contributed by atoms with van der Waals surface area (Å²) < 4.78 is 19.2. The summed E-state index contributed by atoms with van der Waals surface area (Å²) in [4.78, 5) is 16.8. The van der Waals surface area contributed by atoms with Crippen LogP contribution in [0.4, 0.5) is 0 Å². The van der Waals surface area contributed by atoms with Gasteiger partial charge in [0.2, 0.25) is 0 Å². The Hall–Kier alpha value is -0.0100. The van der Waals surface area contributed by atoms with Crippen molar-refractivity contribution < 1.29 is 33.8 Å². The fourth-order valence-electron chi connectivity index (χ4n) is 0.948. The summed E-state index contributed by atoms with van der Waals surface area (Å²) in [5.41, 5.74) is 0. The minimum atomic E-state index is -4.64. The van der Waals surface area contributed by atoms with E-state index in [1.165, 1.54) is 0 Å². The molecule has 0 aromatic heterocycles. The highest BCUT2D eigenvalue weighted by molar-refractivity contribution is 7.46. The lowest BCUT2D eigenvalue weighted by molar-refractivity contribution is -0.00339. The lowest BCUT2D eigenvalue weighted by Crippen LogP contribution is -2.32. The lowest BCUT2D eigenvalue weighted by Gasteiger charge is -2.15. The number of rotatable bonds is 3. The monoisotopic (exact) mass is 213 g/mol. The fourth-order valence-corrected chi connectivity index (χ4v) is 1.44. The first-order valence-corrected chi connectivity index (χ1v) is 4.99. The maximum absolute atomic E-state index is 10.4. The number of aliphatic hydroxyl groups excluding tert-OH is 2. The molecule has 0 aliphatic carbocycles. The normalized spacial score (nSPS) is 35.2. The number of phosphoric ester groups is 1. The molecule has 1 aliphatic rings. The first-order valence-electron chi connectivity index (χ1n) is 3.45. The van der Waals surface area contributed by atoms with Crippen LogP contribution >= 0.6 is 7.82 Å². The van der Waals surface area contributed by atoms with Gasteiger partial charge in [-0.2, -0.15) is 0 Å². The van der Waals surface area contributed by atoms with Crippen molar-refractivity contribution in [3.8, 4) is 0 Å². The van der Waals surface area contributed by atoms with Gasteiger partial charge in [0.05, 0.1) is 6.61 Å². The molecule has 1 rings (SSSR count). The average Bonchev–Trinajstić information content (AvgIpc) is 2.30. The van der Waals surface area contributed by atoms with Gasteiger partial charge in [0.25, 0.3) is 0 Å². The van der Waals surface area contributed by atoms with Crippen molar-refractivity contribution in [2.75, 3.05) is 6.61 Å². The minimum absolute atomic E-state index is 0.446. The van der Waals surface area contributed by atoms with Crippen molar-refractivity contribution in [1.29, 1.82) is 0 Å². The van der Waals surface area contributed by atoms with Crippen molar-refractivity contribution >= 4 is 7.82 Å². The standard InChI is InChI=1S/C5H10O7P/c6-1-3-5(7)4(2-11-3)12-13(8,9)10/h2-7H,1H2,(H2,8,9,10)/t3-,4-,5-/m1/s1. The highest BCUT2D eigenvalue weighted by Gasteiger charge is 2.40. The predicted octanol–water partition coefficient (Wildman–Crippen LogP) is -1.62. The van der Waals surface area contributed by atoms with E-state index in [4.69, 9.17) is 14.9 Å². The Labute approximate surface area is 74.1 Å². The molecule has 1 heterocycles. The summed E-state index contributed by atoms with van der Waals surface area (Å²) >= 11 is 0. The predicted molar refractivity (Wildman–Crippen MR) is 39.2 cm³/mol. The first-order chi connectivity index (χ1) is 5.94. The topological polar surface area (TPSA) is 116 Å². The second kappa shape index (κ2) is 4.02. The number of aliphatic hydroxyl groups is 2. The quantitative estimate of drug-likeness (QED) is 0.416.